The van der Waals surface area contributed by atoms with Gasteiger partial charge in [0.2, 0.25) is 5.91 Å². The minimum absolute atomic E-state index is 0. The molecular weight excluding hydrogens is 344 g/mol. The van der Waals surface area contributed by atoms with Crippen LogP contribution in [-0.4, -0.2) is 19.1 Å². The number of carbonyl (C=O) groups excluding carboxylic acids is 1. The minimum atomic E-state index is -0.0391. The maximum absolute atomic E-state index is 11.7. The van der Waals surface area contributed by atoms with Crippen LogP contribution in [0.15, 0.2) is 22.7 Å². The maximum atomic E-state index is 11.7. The fraction of sp³-hybridized carbons (Fsp3) is 0.500. The largest absolute Gasteiger partial charge is 0.496 e. The lowest BCUT2D eigenvalue weighted by Crippen LogP contribution is -2.28. The summed E-state index contributed by atoms with van der Waals surface area (Å²) in [5, 5.41) is 2.96. The molecule has 0 aromatic heterocycles. The Hall–Kier alpha value is -0.780. The van der Waals surface area contributed by atoms with Gasteiger partial charge in [-0.2, -0.15) is 0 Å². The summed E-state index contributed by atoms with van der Waals surface area (Å²) in [6.07, 6.45) is 1.16. The van der Waals surface area contributed by atoms with Crippen molar-refractivity contribution in [2.24, 2.45) is 5.73 Å². The van der Waals surface area contributed by atoms with E-state index in [-0.39, 0.29) is 30.4 Å². The normalized spacial score (nSPS) is 13.1. The Kier molecular flexibility index (Phi) is 8.85. The summed E-state index contributed by atoms with van der Waals surface area (Å²) >= 11 is 3.44. The van der Waals surface area contributed by atoms with Gasteiger partial charge in [-0.25, -0.2) is 0 Å². The second-order valence-electron chi connectivity index (χ2n) is 4.70. The van der Waals surface area contributed by atoms with Crippen molar-refractivity contribution in [3.63, 3.8) is 0 Å². The van der Waals surface area contributed by atoms with E-state index in [0.29, 0.717) is 12.8 Å². The molecule has 1 aromatic carbocycles. The van der Waals surface area contributed by atoms with Crippen molar-refractivity contribution < 1.29 is 9.53 Å². The van der Waals surface area contributed by atoms with Gasteiger partial charge in [-0.05, 0) is 53.9 Å². The molecule has 0 radical (unpaired) electrons. The zero-order valence-corrected chi connectivity index (χ0v) is 14.4. The van der Waals surface area contributed by atoms with Crippen LogP contribution in [0.4, 0.5) is 0 Å². The molecule has 0 aliphatic heterocycles. The van der Waals surface area contributed by atoms with E-state index in [2.05, 4.69) is 21.2 Å². The molecule has 4 nitrogen and oxygen atoms in total. The third-order valence-electron chi connectivity index (χ3n) is 2.88. The van der Waals surface area contributed by atoms with Crippen molar-refractivity contribution in [3.8, 4) is 5.75 Å². The summed E-state index contributed by atoms with van der Waals surface area (Å²) in [4.78, 5) is 11.7. The molecule has 20 heavy (non-hydrogen) atoms. The van der Waals surface area contributed by atoms with Crippen LogP contribution < -0.4 is 15.8 Å². The third-order valence-corrected chi connectivity index (χ3v) is 3.50. The molecule has 0 spiro atoms. The van der Waals surface area contributed by atoms with Crippen molar-refractivity contribution in [1.82, 2.24) is 5.32 Å². The van der Waals surface area contributed by atoms with Crippen LogP contribution in [0.3, 0.4) is 0 Å². The van der Waals surface area contributed by atoms with Crippen LogP contribution in [0, 0.1) is 0 Å². The van der Waals surface area contributed by atoms with E-state index in [1.165, 1.54) is 0 Å². The highest BCUT2D eigenvalue weighted by atomic mass is 79.9. The number of amides is 1. The number of methoxy groups -OCH3 is 1. The first-order valence-electron chi connectivity index (χ1n) is 6.32. The Morgan fingerprint density at radius 2 is 2.10 bits per heavy atom. The first-order valence-corrected chi connectivity index (χ1v) is 7.11. The molecule has 1 amide bonds. The van der Waals surface area contributed by atoms with Crippen molar-refractivity contribution in [2.45, 2.75) is 38.8 Å². The van der Waals surface area contributed by atoms with Gasteiger partial charge < -0.3 is 15.8 Å². The average molecular weight is 366 g/mol. The van der Waals surface area contributed by atoms with Crippen molar-refractivity contribution in [2.75, 3.05) is 7.11 Å². The lowest BCUT2D eigenvalue weighted by molar-refractivity contribution is -0.121. The molecule has 0 saturated heterocycles. The second kappa shape index (κ2) is 9.21. The fourth-order valence-electron chi connectivity index (χ4n) is 1.71. The number of halogens is 2. The highest BCUT2D eigenvalue weighted by Gasteiger charge is 2.11. The summed E-state index contributed by atoms with van der Waals surface area (Å²) in [7, 11) is 1.62. The second-order valence-corrected chi connectivity index (χ2v) is 5.55. The van der Waals surface area contributed by atoms with Gasteiger partial charge in [0.25, 0.3) is 0 Å². The Bertz CT molecular complexity index is 441. The molecule has 0 bridgehead atoms. The molecule has 0 fully saturated rings. The van der Waals surface area contributed by atoms with E-state index in [1.807, 2.05) is 32.0 Å². The summed E-state index contributed by atoms with van der Waals surface area (Å²) in [5.74, 6) is 0.802. The van der Waals surface area contributed by atoms with Crippen LogP contribution in [0.1, 0.15) is 38.3 Å². The molecule has 2 unspecified atom stereocenters. The van der Waals surface area contributed by atoms with Crippen LogP contribution in [0.25, 0.3) is 0 Å². The van der Waals surface area contributed by atoms with Gasteiger partial charge in [0, 0.05) is 12.5 Å². The van der Waals surface area contributed by atoms with Gasteiger partial charge in [-0.3, -0.25) is 4.79 Å². The topological polar surface area (TPSA) is 64.3 Å². The summed E-state index contributed by atoms with van der Waals surface area (Å²) in [6, 6.07) is 5.79. The molecule has 0 aliphatic rings. The average Bonchev–Trinajstić information content (AvgIpc) is 2.36. The first kappa shape index (κ1) is 19.2. The van der Waals surface area contributed by atoms with E-state index in [0.717, 1.165) is 15.8 Å². The molecule has 0 heterocycles. The highest BCUT2D eigenvalue weighted by Crippen LogP contribution is 2.27. The number of carbonyl (C=O) groups is 1. The van der Waals surface area contributed by atoms with Gasteiger partial charge in [0.15, 0.2) is 0 Å². The number of nitrogens with one attached hydrogen (secondary N) is 1. The van der Waals surface area contributed by atoms with Gasteiger partial charge in [0.1, 0.15) is 5.75 Å². The summed E-state index contributed by atoms with van der Waals surface area (Å²) in [6.45, 7) is 3.86. The zero-order chi connectivity index (χ0) is 14.4. The van der Waals surface area contributed by atoms with Crippen molar-refractivity contribution in [1.29, 1.82) is 0 Å². The predicted octanol–water partition coefficient (Wildman–Crippen LogP) is 3.18. The number of hydrogen-bond acceptors (Lipinski definition) is 3. The smallest absolute Gasteiger partial charge is 0.220 e. The summed E-state index contributed by atoms with van der Waals surface area (Å²) in [5.41, 5.74) is 6.66. The lowest BCUT2D eigenvalue weighted by atomic mass is 10.1. The van der Waals surface area contributed by atoms with Crippen LogP contribution in [0.5, 0.6) is 5.75 Å². The van der Waals surface area contributed by atoms with Crippen LogP contribution in [0.2, 0.25) is 0 Å². The van der Waals surface area contributed by atoms with Gasteiger partial charge >= 0.3 is 0 Å². The fourth-order valence-corrected chi connectivity index (χ4v) is 2.27. The SMILES string of the molecule is COc1ccc(C(C)NC(=O)CCC(C)N)cc1Br.Cl. The van der Waals surface area contributed by atoms with Crippen LogP contribution in [-0.2, 0) is 4.79 Å². The molecule has 3 N–H and O–H groups in total. The molecule has 0 aliphatic carbocycles. The molecule has 2 atom stereocenters. The Morgan fingerprint density at radius 1 is 1.45 bits per heavy atom. The Balaban J connectivity index is 0.00000361. The van der Waals surface area contributed by atoms with Crippen molar-refractivity contribution in [3.05, 3.63) is 28.2 Å². The Morgan fingerprint density at radius 3 is 2.60 bits per heavy atom. The van der Waals surface area contributed by atoms with Gasteiger partial charge in [-0.1, -0.05) is 6.07 Å². The standard InChI is InChI=1S/C14H21BrN2O2.ClH/c1-9(16)4-7-14(18)17-10(2)11-5-6-13(19-3)12(15)8-11;/h5-6,8-10H,4,7,16H2,1-3H3,(H,17,18);1H. The monoisotopic (exact) mass is 364 g/mol. The molecule has 1 rings (SSSR count). The van der Waals surface area contributed by atoms with E-state index in [9.17, 15) is 4.79 Å². The number of nitrogens with two attached hydrogens (primary N) is 1. The summed E-state index contributed by atoms with van der Waals surface area (Å²) < 4.78 is 6.06. The lowest BCUT2D eigenvalue weighted by Gasteiger charge is -2.16. The minimum Gasteiger partial charge on any atom is -0.496 e. The molecule has 114 valence electrons. The van der Waals surface area contributed by atoms with E-state index < -0.39 is 0 Å². The van der Waals surface area contributed by atoms with Gasteiger partial charge in [-0.15, -0.1) is 12.4 Å². The number of hydrogen-bond donors (Lipinski definition) is 2. The predicted molar refractivity (Wildman–Crippen MR) is 87.4 cm³/mol. The van der Waals surface area contributed by atoms with Crippen molar-refractivity contribution >= 4 is 34.2 Å². The number of rotatable bonds is 6. The molecule has 0 saturated carbocycles. The molecule has 1 aromatic rings. The third kappa shape index (κ3) is 6.11. The van der Waals surface area contributed by atoms with Gasteiger partial charge in [0.05, 0.1) is 17.6 Å². The van der Waals surface area contributed by atoms with E-state index in [1.54, 1.807) is 7.11 Å². The Labute approximate surface area is 135 Å². The first-order chi connectivity index (χ1) is 8.93. The quantitative estimate of drug-likeness (QED) is 0.813. The van der Waals surface area contributed by atoms with E-state index >= 15 is 0 Å². The zero-order valence-electron chi connectivity index (χ0n) is 12.0. The highest BCUT2D eigenvalue weighted by molar-refractivity contribution is 9.10. The number of benzene rings is 1. The maximum Gasteiger partial charge on any atom is 0.220 e. The van der Waals surface area contributed by atoms with Crippen LogP contribution >= 0.6 is 28.3 Å². The van der Waals surface area contributed by atoms with E-state index in [4.69, 9.17) is 10.5 Å². The number of ether oxygens (including phenoxy) is 1. The molecule has 6 heteroatoms. The molecular formula is C14H22BrClN2O2.